The molecule has 2 aromatic rings. The Labute approximate surface area is 147 Å². The van der Waals surface area contributed by atoms with Crippen molar-refractivity contribution < 1.29 is 19.1 Å². The molecule has 0 fully saturated rings. The molecule has 1 aromatic heterocycles. The van der Waals surface area contributed by atoms with E-state index >= 15 is 0 Å². The smallest absolute Gasteiger partial charge is 0.310 e. The predicted molar refractivity (Wildman–Crippen MR) is 93.2 cm³/mol. The average molecular weight is 342 g/mol. The molecule has 0 saturated heterocycles. The molecule has 0 aliphatic heterocycles. The summed E-state index contributed by atoms with van der Waals surface area (Å²) in [7, 11) is 2.91. The maximum absolute atomic E-state index is 12.9. The van der Waals surface area contributed by atoms with Crippen LogP contribution in [0.15, 0.2) is 48.7 Å². The number of carbonyl (C=O) groups excluding carboxylic acids is 2. The number of methoxy groups -OCH3 is 2. The number of ether oxygens (including phenoxy) is 2. The standard InChI is InChI=1S/C19H22N2O4/c1-14(19(23)25-3)12-21(13-16-6-4-5-11-20-16)18(22)15-7-9-17(24-2)10-8-15/h4-11,14H,12-13H2,1-3H3. The zero-order chi connectivity index (χ0) is 18.2. The third-order valence-corrected chi connectivity index (χ3v) is 3.80. The molecule has 1 unspecified atom stereocenters. The lowest BCUT2D eigenvalue weighted by atomic mass is 10.1. The molecule has 6 heteroatoms. The predicted octanol–water partition coefficient (Wildman–Crippen LogP) is 2.54. The van der Waals surface area contributed by atoms with Gasteiger partial charge in [0.05, 0.1) is 32.4 Å². The summed E-state index contributed by atoms with van der Waals surface area (Å²) in [6.07, 6.45) is 1.68. The van der Waals surface area contributed by atoms with Crippen molar-refractivity contribution in [2.45, 2.75) is 13.5 Å². The largest absolute Gasteiger partial charge is 0.497 e. The highest BCUT2D eigenvalue weighted by molar-refractivity contribution is 5.94. The molecule has 0 bridgehead atoms. The lowest BCUT2D eigenvalue weighted by Gasteiger charge is -2.25. The van der Waals surface area contributed by atoms with Crippen LogP contribution in [0, 0.1) is 5.92 Å². The van der Waals surface area contributed by atoms with Gasteiger partial charge in [-0.25, -0.2) is 0 Å². The molecule has 1 atom stereocenters. The number of nitrogens with zero attached hydrogens (tertiary/aromatic N) is 2. The maximum Gasteiger partial charge on any atom is 0.310 e. The molecule has 132 valence electrons. The minimum absolute atomic E-state index is 0.177. The molecule has 0 aliphatic carbocycles. The number of hydrogen-bond donors (Lipinski definition) is 0. The first-order chi connectivity index (χ1) is 12.0. The first-order valence-electron chi connectivity index (χ1n) is 7.96. The SMILES string of the molecule is COC(=O)C(C)CN(Cc1ccccn1)C(=O)c1ccc(OC)cc1. The van der Waals surface area contributed by atoms with E-state index in [-0.39, 0.29) is 18.4 Å². The summed E-state index contributed by atoms with van der Waals surface area (Å²) in [5, 5.41) is 0. The number of benzene rings is 1. The topological polar surface area (TPSA) is 68.7 Å². The van der Waals surface area contributed by atoms with Crippen LogP contribution < -0.4 is 4.74 Å². The van der Waals surface area contributed by atoms with Gasteiger partial charge in [0.1, 0.15) is 5.75 Å². The summed E-state index contributed by atoms with van der Waals surface area (Å²) in [5.74, 6) is -0.288. The van der Waals surface area contributed by atoms with E-state index in [4.69, 9.17) is 9.47 Å². The Balaban J connectivity index is 2.22. The number of pyridine rings is 1. The average Bonchev–Trinajstić information content (AvgIpc) is 2.67. The number of amides is 1. The van der Waals surface area contributed by atoms with Crippen LogP contribution in [0.25, 0.3) is 0 Å². The van der Waals surface area contributed by atoms with E-state index in [0.717, 1.165) is 5.69 Å². The molecule has 0 radical (unpaired) electrons. The van der Waals surface area contributed by atoms with Crippen molar-refractivity contribution >= 4 is 11.9 Å². The monoisotopic (exact) mass is 342 g/mol. The summed E-state index contributed by atoms with van der Waals surface area (Å²) in [6.45, 7) is 2.29. The van der Waals surface area contributed by atoms with Crippen LogP contribution in [0.4, 0.5) is 0 Å². The molecular weight excluding hydrogens is 320 g/mol. The Kier molecular flexibility index (Phi) is 6.51. The summed E-state index contributed by atoms with van der Waals surface area (Å²) in [5.41, 5.74) is 1.27. The molecule has 1 aromatic carbocycles. The van der Waals surface area contributed by atoms with Gasteiger partial charge in [-0.1, -0.05) is 13.0 Å². The molecule has 0 aliphatic rings. The number of esters is 1. The molecule has 0 spiro atoms. The van der Waals surface area contributed by atoms with Gasteiger partial charge >= 0.3 is 5.97 Å². The van der Waals surface area contributed by atoms with Crippen LogP contribution in [0.5, 0.6) is 5.75 Å². The van der Waals surface area contributed by atoms with E-state index in [2.05, 4.69) is 4.98 Å². The van der Waals surface area contributed by atoms with Gasteiger partial charge < -0.3 is 14.4 Å². The van der Waals surface area contributed by atoms with E-state index < -0.39 is 5.92 Å². The van der Waals surface area contributed by atoms with Gasteiger partial charge in [0.25, 0.3) is 5.91 Å². The molecule has 25 heavy (non-hydrogen) atoms. The lowest BCUT2D eigenvalue weighted by Crippen LogP contribution is -2.37. The third kappa shape index (κ3) is 5.04. The molecule has 0 saturated carbocycles. The van der Waals surface area contributed by atoms with Crippen LogP contribution >= 0.6 is 0 Å². The lowest BCUT2D eigenvalue weighted by molar-refractivity contribution is -0.145. The molecule has 1 amide bonds. The van der Waals surface area contributed by atoms with Gasteiger partial charge in [-0.15, -0.1) is 0 Å². The summed E-state index contributed by atoms with van der Waals surface area (Å²) >= 11 is 0. The van der Waals surface area contributed by atoms with Gasteiger partial charge in [0, 0.05) is 18.3 Å². The number of carbonyl (C=O) groups is 2. The second kappa shape index (κ2) is 8.82. The Morgan fingerprint density at radius 1 is 1.12 bits per heavy atom. The van der Waals surface area contributed by atoms with E-state index in [0.29, 0.717) is 17.9 Å². The minimum atomic E-state index is -0.434. The van der Waals surface area contributed by atoms with Gasteiger partial charge in [-0.2, -0.15) is 0 Å². The van der Waals surface area contributed by atoms with Crippen molar-refractivity contribution in [1.82, 2.24) is 9.88 Å². The van der Waals surface area contributed by atoms with E-state index in [1.165, 1.54) is 7.11 Å². The highest BCUT2D eigenvalue weighted by Gasteiger charge is 2.23. The molecular formula is C19H22N2O4. The minimum Gasteiger partial charge on any atom is -0.497 e. The van der Waals surface area contributed by atoms with Crippen molar-refractivity contribution in [3.63, 3.8) is 0 Å². The molecule has 0 N–H and O–H groups in total. The summed E-state index contributed by atoms with van der Waals surface area (Å²) in [4.78, 5) is 30.5. The van der Waals surface area contributed by atoms with Crippen molar-refractivity contribution in [3.8, 4) is 5.75 Å². The second-order valence-electron chi connectivity index (χ2n) is 5.66. The third-order valence-electron chi connectivity index (χ3n) is 3.80. The van der Waals surface area contributed by atoms with E-state index in [1.54, 1.807) is 49.4 Å². The van der Waals surface area contributed by atoms with Crippen molar-refractivity contribution in [3.05, 3.63) is 59.9 Å². The highest BCUT2D eigenvalue weighted by atomic mass is 16.5. The van der Waals surface area contributed by atoms with E-state index in [1.807, 2.05) is 18.2 Å². The Bertz CT molecular complexity index is 701. The van der Waals surface area contributed by atoms with Crippen molar-refractivity contribution in [2.75, 3.05) is 20.8 Å². The summed E-state index contributed by atoms with van der Waals surface area (Å²) < 4.78 is 9.89. The number of hydrogen-bond acceptors (Lipinski definition) is 5. The molecule has 1 heterocycles. The fraction of sp³-hybridized carbons (Fsp3) is 0.316. The second-order valence-corrected chi connectivity index (χ2v) is 5.66. The van der Waals surface area contributed by atoms with Crippen molar-refractivity contribution in [2.24, 2.45) is 5.92 Å². The number of aromatic nitrogens is 1. The fourth-order valence-electron chi connectivity index (χ4n) is 2.43. The van der Waals surface area contributed by atoms with Gasteiger partial charge in [0.15, 0.2) is 0 Å². The van der Waals surface area contributed by atoms with Crippen LogP contribution in [0.2, 0.25) is 0 Å². The van der Waals surface area contributed by atoms with Gasteiger partial charge in [-0.05, 0) is 36.4 Å². The zero-order valence-corrected chi connectivity index (χ0v) is 14.6. The quantitative estimate of drug-likeness (QED) is 0.723. The van der Waals surface area contributed by atoms with Gasteiger partial charge in [-0.3, -0.25) is 14.6 Å². The van der Waals surface area contributed by atoms with Gasteiger partial charge in [0.2, 0.25) is 0 Å². The first-order valence-corrected chi connectivity index (χ1v) is 7.96. The normalized spacial score (nSPS) is 11.5. The first kappa shape index (κ1) is 18.4. The number of rotatable bonds is 7. The van der Waals surface area contributed by atoms with Crippen LogP contribution in [0.3, 0.4) is 0 Å². The van der Waals surface area contributed by atoms with Crippen LogP contribution in [-0.2, 0) is 16.1 Å². The Hall–Kier alpha value is -2.89. The van der Waals surface area contributed by atoms with Crippen molar-refractivity contribution in [1.29, 1.82) is 0 Å². The molecule has 6 nitrogen and oxygen atoms in total. The zero-order valence-electron chi connectivity index (χ0n) is 14.6. The fourth-order valence-corrected chi connectivity index (χ4v) is 2.43. The highest BCUT2D eigenvalue weighted by Crippen LogP contribution is 2.16. The van der Waals surface area contributed by atoms with E-state index in [9.17, 15) is 9.59 Å². The Morgan fingerprint density at radius 2 is 1.84 bits per heavy atom. The van der Waals surface area contributed by atoms with Crippen LogP contribution in [0.1, 0.15) is 23.0 Å². The molecule has 2 rings (SSSR count). The summed E-state index contributed by atoms with van der Waals surface area (Å²) in [6, 6.07) is 12.4. The Morgan fingerprint density at radius 3 is 2.40 bits per heavy atom. The maximum atomic E-state index is 12.9. The van der Waals surface area contributed by atoms with Crippen LogP contribution in [-0.4, -0.2) is 42.5 Å².